The number of ether oxygens (including phenoxy) is 1. The summed E-state index contributed by atoms with van der Waals surface area (Å²) in [6.45, 7) is 4.65. The summed E-state index contributed by atoms with van der Waals surface area (Å²) in [7, 11) is 0. The molecule has 1 fully saturated rings. The first-order valence-electron chi connectivity index (χ1n) is 14.1. The number of carbonyl (C=O) groups excluding carboxylic acids is 3. The Hall–Kier alpha value is -4.15. The lowest BCUT2D eigenvalue weighted by Crippen LogP contribution is -2.41. The van der Waals surface area contributed by atoms with Gasteiger partial charge in [-0.2, -0.15) is 0 Å². The van der Waals surface area contributed by atoms with Crippen molar-refractivity contribution in [1.82, 2.24) is 20.4 Å². The van der Waals surface area contributed by atoms with Gasteiger partial charge in [-0.25, -0.2) is 0 Å². The van der Waals surface area contributed by atoms with Crippen LogP contribution < -0.4 is 10.6 Å². The van der Waals surface area contributed by atoms with Crippen LogP contribution in [0.25, 0.3) is 11.1 Å². The van der Waals surface area contributed by atoms with Gasteiger partial charge in [0.25, 0.3) is 11.8 Å². The topological polar surface area (TPSA) is 124 Å². The molecule has 4 bridgehead atoms. The molecule has 0 saturated carbocycles. The van der Waals surface area contributed by atoms with Gasteiger partial charge in [0, 0.05) is 43.9 Å². The monoisotopic (exact) mass is 560 g/mol. The molecule has 0 aliphatic carbocycles. The molecule has 5 rings (SSSR count). The van der Waals surface area contributed by atoms with Gasteiger partial charge in [-0.15, -0.1) is 0 Å². The molecule has 2 aliphatic heterocycles. The maximum Gasteiger partial charge on any atom is 0.257 e. The van der Waals surface area contributed by atoms with Gasteiger partial charge in [0.1, 0.15) is 17.8 Å². The summed E-state index contributed by atoms with van der Waals surface area (Å²) >= 11 is 0. The Morgan fingerprint density at radius 2 is 1.76 bits per heavy atom. The third-order valence-corrected chi connectivity index (χ3v) is 7.38. The largest absolute Gasteiger partial charge is 0.507 e. The molecule has 3 heterocycles. The second-order valence-corrected chi connectivity index (χ2v) is 10.4. The van der Waals surface area contributed by atoms with Crippen LogP contribution in [-0.2, 0) is 22.5 Å². The van der Waals surface area contributed by atoms with E-state index in [1.807, 2.05) is 18.2 Å². The van der Waals surface area contributed by atoms with Crippen molar-refractivity contribution in [1.29, 1.82) is 0 Å². The van der Waals surface area contributed by atoms with Gasteiger partial charge in [-0.1, -0.05) is 18.2 Å². The van der Waals surface area contributed by atoms with Gasteiger partial charge >= 0.3 is 0 Å². The summed E-state index contributed by atoms with van der Waals surface area (Å²) in [4.78, 5) is 42.9. The Morgan fingerprint density at radius 3 is 2.61 bits per heavy atom. The standard InChI is InChI=1S/C31H36N4O6/c36-28-7-6-22-8-10-32-29(37)20-35(31(39)25-18-26(41-21-25)19-34-12-14-40-15-13-34)11-2-1-9-33-30(38)24-5-3-4-23(17-24)27(28)16-22/h3-7,16-18,21,36H,1-2,8-15,19-20H2,(H,32,37)(H,33,38). The molecular formula is C31H36N4O6. The van der Waals surface area contributed by atoms with Crippen molar-refractivity contribution >= 4 is 17.7 Å². The number of benzene rings is 2. The Morgan fingerprint density at radius 1 is 0.927 bits per heavy atom. The number of hydrogen-bond donors (Lipinski definition) is 3. The predicted molar refractivity (Wildman–Crippen MR) is 153 cm³/mol. The van der Waals surface area contributed by atoms with Crippen molar-refractivity contribution in [2.45, 2.75) is 25.8 Å². The average molecular weight is 561 g/mol. The molecular weight excluding hydrogens is 524 g/mol. The number of rotatable bonds is 3. The molecule has 3 amide bonds. The third-order valence-electron chi connectivity index (χ3n) is 7.38. The fourth-order valence-electron chi connectivity index (χ4n) is 5.10. The Kier molecular flexibility index (Phi) is 9.33. The summed E-state index contributed by atoms with van der Waals surface area (Å²) < 4.78 is 11.1. The smallest absolute Gasteiger partial charge is 0.257 e. The second-order valence-electron chi connectivity index (χ2n) is 10.4. The minimum Gasteiger partial charge on any atom is -0.507 e. The minimum absolute atomic E-state index is 0.0828. The zero-order valence-electron chi connectivity index (χ0n) is 23.1. The molecule has 0 radical (unpaired) electrons. The van der Waals surface area contributed by atoms with Crippen LogP contribution in [0.15, 0.2) is 59.2 Å². The van der Waals surface area contributed by atoms with Gasteiger partial charge < -0.3 is 29.8 Å². The van der Waals surface area contributed by atoms with E-state index < -0.39 is 0 Å². The van der Waals surface area contributed by atoms with Crippen molar-refractivity contribution in [2.24, 2.45) is 0 Å². The number of phenolic OH excluding ortho intramolecular Hbond substituents is 1. The fraction of sp³-hybridized carbons (Fsp3) is 0.387. The SMILES string of the molecule is O=C1CN(C(=O)c2coc(CN3CCOCC3)c2)CCCCNC(=O)c2cccc(c2)-c2cc(ccc2O)CCN1. The number of fused-ring (bicyclic) bond motifs is 5. The molecule has 2 aliphatic rings. The quantitative estimate of drug-likeness (QED) is 0.450. The number of phenols is 1. The molecule has 0 spiro atoms. The van der Waals surface area contributed by atoms with Gasteiger partial charge in [-0.3, -0.25) is 19.3 Å². The van der Waals surface area contributed by atoms with E-state index in [0.29, 0.717) is 81.1 Å². The summed E-state index contributed by atoms with van der Waals surface area (Å²) in [5.74, 6) is 0.0848. The van der Waals surface area contributed by atoms with E-state index in [9.17, 15) is 19.5 Å². The lowest BCUT2D eigenvalue weighted by Gasteiger charge is -2.25. The van der Waals surface area contributed by atoms with Crippen LogP contribution in [0.3, 0.4) is 0 Å². The van der Waals surface area contributed by atoms with Gasteiger partial charge in [-0.05, 0) is 60.7 Å². The van der Waals surface area contributed by atoms with Crippen molar-refractivity contribution in [3.05, 3.63) is 77.2 Å². The molecule has 0 unspecified atom stereocenters. The van der Waals surface area contributed by atoms with Gasteiger partial charge in [0.05, 0.1) is 31.9 Å². The van der Waals surface area contributed by atoms with E-state index in [2.05, 4.69) is 15.5 Å². The zero-order chi connectivity index (χ0) is 28.6. The highest BCUT2D eigenvalue weighted by atomic mass is 16.5. The Bertz CT molecular complexity index is 1380. The predicted octanol–water partition coefficient (Wildman–Crippen LogP) is 2.81. The molecule has 216 valence electrons. The van der Waals surface area contributed by atoms with Crippen LogP contribution in [0, 0.1) is 0 Å². The van der Waals surface area contributed by atoms with Crippen molar-refractivity contribution in [2.75, 3.05) is 52.5 Å². The van der Waals surface area contributed by atoms with Crippen LogP contribution >= 0.6 is 0 Å². The highest BCUT2D eigenvalue weighted by Crippen LogP contribution is 2.31. The van der Waals surface area contributed by atoms with E-state index in [0.717, 1.165) is 24.2 Å². The van der Waals surface area contributed by atoms with E-state index in [1.165, 1.54) is 11.2 Å². The number of carbonyl (C=O) groups is 3. The Labute approximate surface area is 239 Å². The summed E-state index contributed by atoms with van der Waals surface area (Å²) in [5, 5.41) is 16.3. The molecule has 10 nitrogen and oxygen atoms in total. The fourth-order valence-corrected chi connectivity index (χ4v) is 5.10. The number of hydrogen-bond acceptors (Lipinski definition) is 7. The van der Waals surface area contributed by atoms with Crippen LogP contribution in [-0.4, -0.2) is 85.1 Å². The molecule has 3 N–H and O–H groups in total. The van der Waals surface area contributed by atoms with Crippen molar-refractivity contribution in [3.8, 4) is 16.9 Å². The molecule has 0 atom stereocenters. The number of amides is 3. The van der Waals surface area contributed by atoms with Crippen LogP contribution in [0.2, 0.25) is 0 Å². The minimum atomic E-state index is -0.268. The first-order valence-corrected chi connectivity index (χ1v) is 14.1. The van der Waals surface area contributed by atoms with Crippen LogP contribution in [0.1, 0.15) is 44.9 Å². The number of nitrogens with one attached hydrogen (secondary N) is 2. The summed E-state index contributed by atoms with van der Waals surface area (Å²) in [5.41, 5.74) is 3.20. The normalized spacial score (nSPS) is 17.7. The highest BCUT2D eigenvalue weighted by Gasteiger charge is 2.22. The Balaban J connectivity index is 1.29. The highest BCUT2D eigenvalue weighted by molar-refractivity contribution is 5.96. The van der Waals surface area contributed by atoms with E-state index in [4.69, 9.17) is 9.15 Å². The lowest BCUT2D eigenvalue weighted by molar-refractivity contribution is -0.121. The number of furan rings is 1. The average Bonchev–Trinajstić information content (AvgIpc) is 3.45. The summed E-state index contributed by atoms with van der Waals surface area (Å²) in [6, 6.07) is 14.2. The molecule has 10 heteroatoms. The lowest BCUT2D eigenvalue weighted by atomic mass is 9.98. The molecule has 2 aromatic carbocycles. The van der Waals surface area contributed by atoms with E-state index >= 15 is 0 Å². The maximum absolute atomic E-state index is 13.4. The van der Waals surface area contributed by atoms with Crippen molar-refractivity contribution < 1.29 is 28.6 Å². The first kappa shape index (κ1) is 28.4. The first-order chi connectivity index (χ1) is 20.0. The van der Waals surface area contributed by atoms with Crippen molar-refractivity contribution in [3.63, 3.8) is 0 Å². The second kappa shape index (κ2) is 13.5. The maximum atomic E-state index is 13.4. The molecule has 1 saturated heterocycles. The zero-order valence-corrected chi connectivity index (χ0v) is 23.1. The molecule has 41 heavy (non-hydrogen) atoms. The van der Waals surface area contributed by atoms with Gasteiger partial charge in [0.15, 0.2) is 0 Å². The molecule has 3 aromatic rings. The molecule has 1 aromatic heterocycles. The van der Waals surface area contributed by atoms with Crippen LogP contribution in [0.5, 0.6) is 5.75 Å². The number of nitrogens with zero attached hydrogens (tertiary/aromatic N) is 2. The van der Waals surface area contributed by atoms with E-state index in [-0.39, 0.29) is 30.0 Å². The number of morpholine rings is 1. The van der Waals surface area contributed by atoms with E-state index in [1.54, 1.807) is 30.3 Å². The number of aromatic hydroxyl groups is 1. The van der Waals surface area contributed by atoms with Gasteiger partial charge in [0.2, 0.25) is 5.91 Å². The van der Waals surface area contributed by atoms with Crippen LogP contribution in [0.4, 0.5) is 0 Å². The third kappa shape index (κ3) is 7.53. The summed E-state index contributed by atoms with van der Waals surface area (Å²) in [6.07, 6.45) is 3.24.